The van der Waals surface area contributed by atoms with E-state index in [1.165, 1.54) is 10.9 Å². The number of methoxy groups -OCH3 is 1. The van der Waals surface area contributed by atoms with E-state index < -0.39 is 0 Å². The third-order valence-electron chi connectivity index (χ3n) is 4.42. The molecule has 0 aliphatic carbocycles. The fraction of sp³-hybridized carbons (Fsp3) is 0.222. The van der Waals surface area contributed by atoms with Gasteiger partial charge in [-0.25, -0.2) is 9.97 Å². The highest BCUT2D eigenvalue weighted by Gasteiger charge is 2.32. The number of amides is 1. The molecule has 3 aromatic rings. The van der Waals surface area contributed by atoms with Gasteiger partial charge in [0.25, 0.3) is 5.56 Å². The van der Waals surface area contributed by atoms with Gasteiger partial charge in [0.2, 0.25) is 5.91 Å². The SMILES string of the molecule is COc1cccc(N2C[C@H](n3cnc4ncccc4c3=O)CC2=O)c1. The summed E-state index contributed by atoms with van der Waals surface area (Å²) in [5, 5.41) is 0.456. The number of anilines is 1. The van der Waals surface area contributed by atoms with Crippen molar-refractivity contribution in [2.45, 2.75) is 12.5 Å². The summed E-state index contributed by atoms with van der Waals surface area (Å²) in [4.78, 5) is 35.2. The van der Waals surface area contributed by atoms with Crippen LogP contribution in [0.1, 0.15) is 12.5 Å². The van der Waals surface area contributed by atoms with Crippen LogP contribution in [0.3, 0.4) is 0 Å². The van der Waals surface area contributed by atoms with Crippen LogP contribution in [-0.4, -0.2) is 34.1 Å². The van der Waals surface area contributed by atoms with Crippen molar-refractivity contribution in [1.29, 1.82) is 0 Å². The summed E-state index contributed by atoms with van der Waals surface area (Å²) in [5.41, 5.74) is 0.997. The second-order valence-corrected chi connectivity index (χ2v) is 5.90. The van der Waals surface area contributed by atoms with Gasteiger partial charge in [-0.1, -0.05) is 6.07 Å². The number of hydrogen-bond donors (Lipinski definition) is 0. The van der Waals surface area contributed by atoms with Crippen molar-refractivity contribution in [3.05, 3.63) is 59.3 Å². The van der Waals surface area contributed by atoms with Crippen molar-refractivity contribution in [2.24, 2.45) is 0 Å². The van der Waals surface area contributed by atoms with Gasteiger partial charge in [-0.05, 0) is 24.3 Å². The van der Waals surface area contributed by atoms with E-state index in [1.807, 2.05) is 24.3 Å². The molecule has 1 aliphatic heterocycles. The standard InChI is InChI=1S/C18H16N4O3/c1-25-14-5-2-4-12(8-14)21-10-13(9-16(21)23)22-11-20-17-15(18(22)24)6-3-7-19-17/h2-8,11,13H,9-10H2,1H3/t13-/m1/s1. The molecule has 1 fully saturated rings. The average molecular weight is 336 g/mol. The minimum Gasteiger partial charge on any atom is -0.497 e. The van der Waals surface area contributed by atoms with Gasteiger partial charge in [-0.2, -0.15) is 0 Å². The molecule has 0 bridgehead atoms. The largest absolute Gasteiger partial charge is 0.497 e. The fourth-order valence-electron chi connectivity index (χ4n) is 3.14. The number of rotatable bonds is 3. The molecular weight excluding hydrogens is 320 g/mol. The van der Waals surface area contributed by atoms with E-state index in [1.54, 1.807) is 30.3 Å². The highest BCUT2D eigenvalue weighted by molar-refractivity contribution is 5.96. The van der Waals surface area contributed by atoms with Gasteiger partial charge in [-0.15, -0.1) is 0 Å². The normalized spacial score (nSPS) is 17.2. The van der Waals surface area contributed by atoms with E-state index in [0.717, 1.165) is 5.69 Å². The molecule has 0 radical (unpaired) electrons. The van der Waals surface area contributed by atoms with Gasteiger partial charge in [0, 0.05) is 30.9 Å². The first-order valence-electron chi connectivity index (χ1n) is 7.93. The first kappa shape index (κ1) is 15.3. The predicted molar refractivity (Wildman–Crippen MR) is 92.8 cm³/mol. The maximum atomic E-state index is 12.7. The summed E-state index contributed by atoms with van der Waals surface area (Å²) < 4.78 is 6.75. The molecule has 0 spiro atoms. The Morgan fingerprint density at radius 2 is 2.04 bits per heavy atom. The number of carbonyl (C=O) groups excluding carboxylic acids is 1. The molecule has 1 aromatic carbocycles. The molecular formula is C18H16N4O3. The van der Waals surface area contributed by atoms with Crippen molar-refractivity contribution in [1.82, 2.24) is 14.5 Å². The molecule has 0 unspecified atom stereocenters. The maximum absolute atomic E-state index is 12.7. The second-order valence-electron chi connectivity index (χ2n) is 5.90. The zero-order valence-electron chi connectivity index (χ0n) is 13.6. The summed E-state index contributed by atoms with van der Waals surface area (Å²) in [7, 11) is 1.59. The van der Waals surface area contributed by atoms with E-state index in [4.69, 9.17) is 4.74 Å². The summed E-state index contributed by atoms with van der Waals surface area (Å²) in [6.07, 6.45) is 3.33. The van der Waals surface area contributed by atoms with Crippen molar-refractivity contribution < 1.29 is 9.53 Å². The Bertz CT molecular complexity index is 1010. The average Bonchev–Trinajstić information content (AvgIpc) is 3.04. The van der Waals surface area contributed by atoms with Crippen molar-refractivity contribution in [3.63, 3.8) is 0 Å². The van der Waals surface area contributed by atoms with Gasteiger partial charge in [-0.3, -0.25) is 14.2 Å². The molecule has 0 saturated carbocycles. The number of ether oxygens (including phenoxy) is 1. The predicted octanol–water partition coefficient (Wildman–Crippen LogP) is 1.78. The Morgan fingerprint density at radius 1 is 1.16 bits per heavy atom. The van der Waals surface area contributed by atoms with Crippen LogP contribution in [0.2, 0.25) is 0 Å². The van der Waals surface area contributed by atoms with Gasteiger partial charge < -0.3 is 9.64 Å². The molecule has 0 N–H and O–H groups in total. The Kier molecular flexibility index (Phi) is 3.68. The van der Waals surface area contributed by atoms with Crippen LogP contribution >= 0.6 is 0 Å². The fourth-order valence-corrected chi connectivity index (χ4v) is 3.14. The summed E-state index contributed by atoms with van der Waals surface area (Å²) >= 11 is 0. The quantitative estimate of drug-likeness (QED) is 0.728. The number of nitrogens with zero attached hydrogens (tertiary/aromatic N) is 4. The van der Waals surface area contributed by atoms with Crippen molar-refractivity contribution in [2.75, 3.05) is 18.6 Å². The molecule has 2 aromatic heterocycles. The van der Waals surface area contributed by atoms with Crippen LogP contribution in [0.5, 0.6) is 5.75 Å². The Labute approximate surface area is 143 Å². The van der Waals surface area contributed by atoms with E-state index in [9.17, 15) is 9.59 Å². The van der Waals surface area contributed by atoms with Crippen molar-refractivity contribution >= 4 is 22.6 Å². The monoisotopic (exact) mass is 336 g/mol. The van der Waals surface area contributed by atoms with Gasteiger partial charge in [0.05, 0.1) is 18.5 Å². The van der Waals surface area contributed by atoms with Gasteiger partial charge in [0.15, 0.2) is 5.65 Å². The first-order valence-corrected chi connectivity index (χ1v) is 7.93. The Hall–Kier alpha value is -3.22. The molecule has 7 heteroatoms. The lowest BCUT2D eigenvalue weighted by molar-refractivity contribution is -0.117. The van der Waals surface area contributed by atoms with Crippen LogP contribution in [0, 0.1) is 0 Å². The Morgan fingerprint density at radius 3 is 2.88 bits per heavy atom. The lowest BCUT2D eigenvalue weighted by Crippen LogP contribution is -2.28. The van der Waals surface area contributed by atoms with Crippen molar-refractivity contribution in [3.8, 4) is 5.75 Å². The van der Waals surface area contributed by atoms with E-state index in [2.05, 4.69) is 9.97 Å². The number of aromatic nitrogens is 3. The van der Waals surface area contributed by atoms with E-state index in [0.29, 0.717) is 23.3 Å². The second kappa shape index (κ2) is 6.01. The third kappa shape index (κ3) is 2.63. The Balaban J connectivity index is 1.68. The molecule has 25 heavy (non-hydrogen) atoms. The topological polar surface area (TPSA) is 77.3 Å². The zero-order chi connectivity index (χ0) is 17.4. The molecule has 4 rings (SSSR count). The molecule has 3 heterocycles. The highest BCUT2D eigenvalue weighted by Crippen LogP contribution is 2.29. The number of benzene rings is 1. The minimum absolute atomic E-state index is 0.0311. The van der Waals surface area contributed by atoms with Gasteiger partial charge in [0.1, 0.15) is 12.1 Å². The van der Waals surface area contributed by atoms with Crippen LogP contribution in [0.15, 0.2) is 53.7 Å². The van der Waals surface area contributed by atoms with Crippen LogP contribution in [-0.2, 0) is 4.79 Å². The zero-order valence-corrected chi connectivity index (χ0v) is 13.6. The lowest BCUT2D eigenvalue weighted by Gasteiger charge is -2.18. The minimum atomic E-state index is -0.261. The van der Waals surface area contributed by atoms with Gasteiger partial charge >= 0.3 is 0 Å². The highest BCUT2D eigenvalue weighted by atomic mass is 16.5. The third-order valence-corrected chi connectivity index (χ3v) is 4.42. The number of carbonyl (C=O) groups is 1. The smallest absolute Gasteiger partial charge is 0.263 e. The number of pyridine rings is 1. The summed E-state index contributed by atoms with van der Waals surface area (Å²) in [6.45, 7) is 0.416. The lowest BCUT2D eigenvalue weighted by atomic mass is 10.2. The number of hydrogen-bond acceptors (Lipinski definition) is 5. The number of fused-ring (bicyclic) bond motifs is 1. The first-order chi connectivity index (χ1) is 12.2. The molecule has 1 atom stereocenters. The van der Waals surface area contributed by atoms with Crippen LogP contribution in [0.4, 0.5) is 5.69 Å². The van der Waals surface area contributed by atoms with E-state index in [-0.39, 0.29) is 23.9 Å². The summed E-state index contributed by atoms with van der Waals surface area (Å²) in [5.74, 6) is 0.654. The summed E-state index contributed by atoms with van der Waals surface area (Å²) in [6, 6.07) is 10.5. The maximum Gasteiger partial charge on any atom is 0.263 e. The molecule has 1 aliphatic rings. The molecule has 7 nitrogen and oxygen atoms in total. The molecule has 1 amide bonds. The van der Waals surface area contributed by atoms with Crippen LogP contribution < -0.4 is 15.2 Å². The van der Waals surface area contributed by atoms with E-state index >= 15 is 0 Å². The molecule has 126 valence electrons. The molecule has 1 saturated heterocycles. The van der Waals surface area contributed by atoms with Crippen LogP contribution in [0.25, 0.3) is 11.0 Å².